The average Bonchev–Trinajstić information content (AvgIpc) is 2.83. The van der Waals surface area contributed by atoms with Crippen molar-refractivity contribution in [2.45, 2.75) is 32.7 Å². The number of nitrogens with two attached hydrogens (primary N) is 1. The van der Waals surface area contributed by atoms with Crippen LogP contribution in [0.25, 0.3) is 0 Å². The summed E-state index contributed by atoms with van der Waals surface area (Å²) < 4.78 is 5.61. The highest BCUT2D eigenvalue weighted by Gasteiger charge is 2.18. The minimum absolute atomic E-state index is 0.140. The quantitative estimate of drug-likeness (QED) is 0.837. The monoisotopic (exact) mass is 259 g/mol. The number of aromatic nitrogens is 1. The van der Waals surface area contributed by atoms with Crippen LogP contribution in [0.3, 0.4) is 0 Å². The number of nitrogen functional groups attached to an aromatic ring is 1. The van der Waals surface area contributed by atoms with Gasteiger partial charge < -0.3 is 15.5 Å². The number of rotatable bonds is 6. The lowest BCUT2D eigenvalue weighted by atomic mass is 10.0. The summed E-state index contributed by atoms with van der Waals surface area (Å²) in [6.45, 7) is 5.16. The van der Waals surface area contributed by atoms with E-state index in [4.69, 9.17) is 10.2 Å². The van der Waals surface area contributed by atoms with Crippen molar-refractivity contribution in [2.24, 2.45) is 0 Å². The molecule has 0 aliphatic rings. The maximum atomic E-state index is 5.92. The van der Waals surface area contributed by atoms with E-state index >= 15 is 0 Å². The van der Waals surface area contributed by atoms with Gasteiger partial charge in [0.05, 0.1) is 12.3 Å². The van der Waals surface area contributed by atoms with Crippen LogP contribution < -0.4 is 11.1 Å². The summed E-state index contributed by atoms with van der Waals surface area (Å²) in [5.74, 6) is 1.58. The van der Waals surface area contributed by atoms with E-state index in [2.05, 4.69) is 24.1 Å². The third-order valence-corrected chi connectivity index (χ3v) is 3.21. The maximum absolute atomic E-state index is 5.92. The number of furan rings is 1. The summed E-state index contributed by atoms with van der Waals surface area (Å²) in [5.41, 5.74) is 8.13. The van der Waals surface area contributed by atoms with Gasteiger partial charge in [-0.3, -0.25) is 0 Å². The molecule has 1 atom stereocenters. The van der Waals surface area contributed by atoms with Gasteiger partial charge in [-0.25, -0.2) is 4.98 Å². The standard InChI is InChI=1S/C15H21N3O/c1-3-7-17-13(14-11(2)6-9-19-14)10-12-5-4-8-18-15(12)16/h4-6,8-9,13,17H,3,7,10H2,1-2H3,(H2,16,18). The van der Waals surface area contributed by atoms with Crippen LogP contribution in [-0.2, 0) is 6.42 Å². The van der Waals surface area contributed by atoms with Gasteiger partial charge in [-0.15, -0.1) is 0 Å². The minimum atomic E-state index is 0.140. The molecular weight excluding hydrogens is 238 g/mol. The minimum Gasteiger partial charge on any atom is -0.467 e. The van der Waals surface area contributed by atoms with Gasteiger partial charge in [0.15, 0.2) is 0 Å². The smallest absolute Gasteiger partial charge is 0.126 e. The SMILES string of the molecule is CCCNC(Cc1cccnc1N)c1occc1C. The second-order valence-corrected chi connectivity index (χ2v) is 4.73. The van der Waals surface area contributed by atoms with E-state index in [0.717, 1.165) is 36.3 Å². The van der Waals surface area contributed by atoms with Crippen molar-refractivity contribution in [2.75, 3.05) is 12.3 Å². The fourth-order valence-corrected chi connectivity index (χ4v) is 2.16. The number of anilines is 1. The molecule has 0 saturated carbocycles. The second kappa shape index (κ2) is 6.38. The number of nitrogens with one attached hydrogen (secondary N) is 1. The number of pyridine rings is 1. The number of hydrogen-bond acceptors (Lipinski definition) is 4. The topological polar surface area (TPSA) is 64.1 Å². The Balaban J connectivity index is 2.19. The molecule has 0 aliphatic heterocycles. The van der Waals surface area contributed by atoms with E-state index < -0.39 is 0 Å². The molecule has 0 spiro atoms. The highest BCUT2D eigenvalue weighted by molar-refractivity contribution is 5.39. The predicted molar refractivity (Wildman–Crippen MR) is 76.8 cm³/mol. The molecule has 3 N–H and O–H groups in total. The molecule has 4 nitrogen and oxygen atoms in total. The van der Waals surface area contributed by atoms with Gasteiger partial charge >= 0.3 is 0 Å². The molecule has 0 aromatic carbocycles. The van der Waals surface area contributed by atoms with E-state index in [-0.39, 0.29) is 6.04 Å². The Hall–Kier alpha value is -1.81. The zero-order chi connectivity index (χ0) is 13.7. The van der Waals surface area contributed by atoms with E-state index in [0.29, 0.717) is 5.82 Å². The Bertz CT molecular complexity index is 522. The first-order chi connectivity index (χ1) is 9.22. The lowest BCUT2D eigenvalue weighted by molar-refractivity contribution is 0.408. The Morgan fingerprint density at radius 3 is 2.89 bits per heavy atom. The summed E-state index contributed by atoms with van der Waals surface area (Å²) in [4.78, 5) is 4.14. The molecule has 0 saturated heterocycles. The van der Waals surface area contributed by atoms with Crippen LogP contribution in [0, 0.1) is 6.92 Å². The molecule has 0 bridgehead atoms. The Kier molecular flexibility index (Phi) is 4.58. The Labute approximate surface area is 114 Å². The van der Waals surface area contributed by atoms with Gasteiger partial charge in [-0.2, -0.15) is 0 Å². The van der Waals surface area contributed by atoms with Crippen LogP contribution in [0.2, 0.25) is 0 Å². The zero-order valence-corrected chi connectivity index (χ0v) is 11.5. The van der Waals surface area contributed by atoms with Crippen molar-refractivity contribution >= 4 is 5.82 Å². The average molecular weight is 259 g/mol. The highest BCUT2D eigenvalue weighted by Crippen LogP contribution is 2.24. The van der Waals surface area contributed by atoms with Crippen molar-refractivity contribution in [3.05, 3.63) is 47.5 Å². The lowest BCUT2D eigenvalue weighted by Crippen LogP contribution is -2.24. The van der Waals surface area contributed by atoms with Gasteiger partial charge in [0.2, 0.25) is 0 Å². The molecule has 0 aliphatic carbocycles. The third-order valence-electron chi connectivity index (χ3n) is 3.21. The molecule has 19 heavy (non-hydrogen) atoms. The van der Waals surface area contributed by atoms with E-state index in [9.17, 15) is 0 Å². The number of hydrogen-bond donors (Lipinski definition) is 2. The summed E-state index contributed by atoms with van der Waals surface area (Å²) >= 11 is 0. The fraction of sp³-hybridized carbons (Fsp3) is 0.400. The van der Waals surface area contributed by atoms with E-state index in [1.807, 2.05) is 18.2 Å². The van der Waals surface area contributed by atoms with Crippen LogP contribution in [0.15, 0.2) is 35.1 Å². The van der Waals surface area contributed by atoms with Gasteiger partial charge in [-0.05, 0) is 49.6 Å². The van der Waals surface area contributed by atoms with Crippen molar-refractivity contribution in [3.63, 3.8) is 0 Å². The van der Waals surface area contributed by atoms with Crippen LogP contribution in [-0.4, -0.2) is 11.5 Å². The molecule has 0 radical (unpaired) electrons. The number of aryl methyl sites for hydroxylation is 1. The summed E-state index contributed by atoms with van der Waals surface area (Å²) in [6, 6.07) is 6.06. The summed E-state index contributed by atoms with van der Waals surface area (Å²) in [5, 5.41) is 3.51. The second-order valence-electron chi connectivity index (χ2n) is 4.73. The molecular formula is C15H21N3O. The first kappa shape index (κ1) is 13.6. The van der Waals surface area contributed by atoms with E-state index in [1.54, 1.807) is 12.5 Å². The first-order valence-electron chi connectivity index (χ1n) is 6.69. The van der Waals surface area contributed by atoms with Crippen molar-refractivity contribution in [1.29, 1.82) is 0 Å². The van der Waals surface area contributed by atoms with Crippen LogP contribution in [0.1, 0.15) is 36.3 Å². The van der Waals surface area contributed by atoms with Crippen molar-refractivity contribution in [1.82, 2.24) is 10.3 Å². The van der Waals surface area contributed by atoms with Crippen LogP contribution in [0.5, 0.6) is 0 Å². The maximum Gasteiger partial charge on any atom is 0.126 e. The normalized spacial score (nSPS) is 12.5. The van der Waals surface area contributed by atoms with Crippen LogP contribution >= 0.6 is 0 Å². The molecule has 2 rings (SSSR count). The first-order valence-corrected chi connectivity index (χ1v) is 6.69. The molecule has 2 aromatic heterocycles. The van der Waals surface area contributed by atoms with Gasteiger partial charge in [0, 0.05) is 6.20 Å². The van der Waals surface area contributed by atoms with Crippen molar-refractivity contribution in [3.8, 4) is 0 Å². The molecule has 102 valence electrons. The van der Waals surface area contributed by atoms with E-state index in [1.165, 1.54) is 0 Å². The largest absolute Gasteiger partial charge is 0.467 e. The molecule has 1 unspecified atom stereocenters. The molecule has 2 aromatic rings. The van der Waals surface area contributed by atoms with Crippen molar-refractivity contribution < 1.29 is 4.42 Å². The summed E-state index contributed by atoms with van der Waals surface area (Å²) in [7, 11) is 0. The molecule has 0 fully saturated rings. The van der Waals surface area contributed by atoms with Crippen LogP contribution in [0.4, 0.5) is 5.82 Å². The van der Waals surface area contributed by atoms with Gasteiger partial charge in [0.25, 0.3) is 0 Å². The van der Waals surface area contributed by atoms with Gasteiger partial charge in [0.1, 0.15) is 11.6 Å². The highest BCUT2D eigenvalue weighted by atomic mass is 16.3. The Morgan fingerprint density at radius 2 is 2.26 bits per heavy atom. The third kappa shape index (κ3) is 3.35. The molecule has 0 amide bonds. The number of nitrogens with zero attached hydrogens (tertiary/aromatic N) is 1. The zero-order valence-electron chi connectivity index (χ0n) is 11.5. The fourth-order valence-electron chi connectivity index (χ4n) is 2.16. The van der Waals surface area contributed by atoms with Gasteiger partial charge in [-0.1, -0.05) is 13.0 Å². The molecule has 2 heterocycles. The molecule has 4 heteroatoms. The Morgan fingerprint density at radius 1 is 1.42 bits per heavy atom. The predicted octanol–water partition coefficient (Wildman–Crippen LogP) is 2.85. The summed E-state index contributed by atoms with van der Waals surface area (Å²) in [6.07, 6.45) is 5.32. The lowest BCUT2D eigenvalue weighted by Gasteiger charge is -2.18.